The van der Waals surface area contributed by atoms with Crippen LogP contribution in [0.1, 0.15) is 18.7 Å². The lowest BCUT2D eigenvalue weighted by Crippen LogP contribution is -2.14. The number of nitro groups is 1. The molecule has 1 unspecified atom stereocenters. The minimum absolute atomic E-state index is 0.125. The third-order valence-electron chi connectivity index (χ3n) is 2.46. The fraction of sp³-hybridized carbons (Fsp3) is 0.556. The monoisotopic (exact) mass is 209 g/mol. The predicted molar refractivity (Wildman–Crippen MR) is 51.1 cm³/mol. The lowest BCUT2D eigenvalue weighted by molar-refractivity contribution is -0.385. The molecule has 1 heterocycles. The summed E-state index contributed by atoms with van der Waals surface area (Å²) in [5.74, 6) is 0.823. The molecule has 0 spiro atoms. The molecule has 0 bridgehead atoms. The Morgan fingerprint density at radius 1 is 1.53 bits per heavy atom. The first-order valence-electron chi connectivity index (χ1n) is 4.80. The van der Waals surface area contributed by atoms with E-state index in [1.54, 1.807) is 0 Å². The van der Waals surface area contributed by atoms with Gasteiger partial charge in [-0.3, -0.25) is 10.1 Å². The molecular formula is C9H11N3O3. The number of hydrogen-bond donors (Lipinski definition) is 1. The molecule has 1 saturated carbocycles. The molecule has 1 aromatic rings. The van der Waals surface area contributed by atoms with Crippen LogP contribution in [0.3, 0.4) is 0 Å². The Balaban J connectivity index is 1.99. The van der Waals surface area contributed by atoms with Crippen LogP contribution >= 0.6 is 0 Å². The zero-order chi connectivity index (χ0) is 10.8. The summed E-state index contributed by atoms with van der Waals surface area (Å²) >= 11 is 0. The SMILES string of the molecule is O=[N+]([O-])c1cnc(CC(O)C2CC2)nc1. The zero-order valence-electron chi connectivity index (χ0n) is 8.04. The smallest absolute Gasteiger partial charge is 0.305 e. The number of aliphatic hydroxyl groups is 1. The molecule has 80 valence electrons. The van der Waals surface area contributed by atoms with Crippen LogP contribution in [0.2, 0.25) is 0 Å². The van der Waals surface area contributed by atoms with E-state index < -0.39 is 11.0 Å². The van der Waals surface area contributed by atoms with E-state index in [0.717, 1.165) is 12.8 Å². The molecule has 1 aromatic heterocycles. The molecule has 6 heteroatoms. The maximum Gasteiger partial charge on any atom is 0.305 e. The van der Waals surface area contributed by atoms with Crippen LogP contribution in [0.5, 0.6) is 0 Å². The molecule has 1 aliphatic carbocycles. The normalized spacial score (nSPS) is 17.4. The Hall–Kier alpha value is -1.56. The Morgan fingerprint density at radius 3 is 2.60 bits per heavy atom. The Kier molecular flexibility index (Phi) is 2.59. The van der Waals surface area contributed by atoms with Crippen LogP contribution in [0.25, 0.3) is 0 Å². The molecule has 1 fully saturated rings. The van der Waals surface area contributed by atoms with Gasteiger partial charge in [0.25, 0.3) is 0 Å². The van der Waals surface area contributed by atoms with E-state index in [1.165, 1.54) is 12.4 Å². The summed E-state index contributed by atoms with van der Waals surface area (Å²) < 4.78 is 0. The fourth-order valence-corrected chi connectivity index (χ4v) is 1.38. The quantitative estimate of drug-likeness (QED) is 0.582. The van der Waals surface area contributed by atoms with E-state index in [1.807, 2.05) is 0 Å². The van der Waals surface area contributed by atoms with Crippen molar-refractivity contribution in [2.24, 2.45) is 5.92 Å². The summed E-state index contributed by atoms with van der Waals surface area (Å²) in [4.78, 5) is 17.5. The van der Waals surface area contributed by atoms with Crippen LogP contribution in [0.4, 0.5) is 5.69 Å². The summed E-state index contributed by atoms with van der Waals surface area (Å²) in [5, 5.41) is 19.9. The Labute approximate surface area is 86.1 Å². The van der Waals surface area contributed by atoms with Crippen LogP contribution in [0, 0.1) is 16.0 Å². The lowest BCUT2D eigenvalue weighted by Gasteiger charge is -2.06. The van der Waals surface area contributed by atoms with E-state index in [2.05, 4.69) is 9.97 Å². The average molecular weight is 209 g/mol. The van der Waals surface area contributed by atoms with Gasteiger partial charge in [0, 0.05) is 6.42 Å². The largest absolute Gasteiger partial charge is 0.392 e. The van der Waals surface area contributed by atoms with Gasteiger partial charge in [-0.25, -0.2) is 9.97 Å². The highest BCUT2D eigenvalue weighted by Crippen LogP contribution is 2.33. The first-order chi connectivity index (χ1) is 7.16. The van der Waals surface area contributed by atoms with E-state index in [-0.39, 0.29) is 5.69 Å². The summed E-state index contributed by atoms with van der Waals surface area (Å²) in [6.45, 7) is 0. The topological polar surface area (TPSA) is 89.2 Å². The zero-order valence-corrected chi connectivity index (χ0v) is 8.04. The second kappa shape index (κ2) is 3.90. The first-order valence-corrected chi connectivity index (χ1v) is 4.80. The van der Waals surface area contributed by atoms with E-state index in [4.69, 9.17) is 0 Å². The standard InChI is InChI=1S/C9H11N3O3/c13-8(6-1-2-6)3-9-10-4-7(5-11-9)12(14)15/h4-6,8,13H,1-3H2. The van der Waals surface area contributed by atoms with Crippen molar-refractivity contribution in [3.05, 3.63) is 28.3 Å². The minimum atomic E-state index is -0.541. The van der Waals surface area contributed by atoms with E-state index in [0.29, 0.717) is 18.2 Å². The second-order valence-electron chi connectivity index (χ2n) is 3.72. The highest BCUT2D eigenvalue weighted by atomic mass is 16.6. The van der Waals surface area contributed by atoms with Crippen molar-refractivity contribution >= 4 is 5.69 Å². The highest BCUT2D eigenvalue weighted by molar-refractivity contribution is 5.20. The van der Waals surface area contributed by atoms with Crippen molar-refractivity contribution < 1.29 is 10.0 Å². The molecule has 0 amide bonds. The van der Waals surface area contributed by atoms with Crippen LogP contribution < -0.4 is 0 Å². The number of aromatic nitrogens is 2. The highest BCUT2D eigenvalue weighted by Gasteiger charge is 2.30. The summed E-state index contributed by atoms with van der Waals surface area (Å²) in [7, 11) is 0. The molecule has 15 heavy (non-hydrogen) atoms. The number of nitrogens with zero attached hydrogens (tertiary/aromatic N) is 3. The van der Waals surface area contributed by atoms with Gasteiger partial charge in [-0.15, -0.1) is 0 Å². The molecule has 0 aromatic carbocycles. The van der Waals surface area contributed by atoms with Crippen molar-refractivity contribution in [3.8, 4) is 0 Å². The summed E-state index contributed by atoms with van der Waals surface area (Å²) in [6, 6.07) is 0. The Bertz CT molecular complexity index is 361. The molecule has 2 rings (SSSR count). The van der Waals surface area contributed by atoms with Crippen molar-refractivity contribution in [2.75, 3.05) is 0 Å². The van der Waals surface area contributed by atoms with Gasteiger partial charge in [-0.05, 0) is 18.8 Å². The number of hydrogen-bond acceptors (Lipinski definition) is 5. The van der Waals surface area contributed by atoms with Gasteiger partial charge in [0.1, 0.15) is 18.2 Å². The molecule has 1 aliphatic rings. The summed E-state index contributed by atoms with van der Waals surface area (Å²) in [6.07, 6.45) is 4.40. The lowest BCUT2D eigenvalue weighted by atomic mass is 10.1. The van der Waals surface area contributed by atoms with Gasteiger partial charge in [0.2, 0.25) is 0 Å². The molecular weight excluding hydrogens is 198 g/mol. The van der Waals surface area contributed by atoms with E-state index in [9.17, 15) is 15.2 Å². The first kappa shape index (κ1) is 9.97. The van der Waals surface area contributed by atoms with Gasteiger partial charge < -0.3 is 5.11 Å². The average Bonchev–Trinajstić information content (AvgIpc) is 3.01. The molecule has 1 N–H and O–H groups in total. The summed E-state index contributed by atoms with van der Waals surface area (Å²) in [5.41, 5.74) is -0.125. The van der Waals surface area contributed by atoms with Crippen molar-refractivity contribution in [2.45, 2.75) is 25.4 Å². The molecule has 0 radical (unpaired) electrons. The van der Waals surface area contributed by atoms with E-state index >= 15 is 0 Å². The third kappa shape index (κ3) is 2.47. The van der Waals surface area contributed by atoms with Gasteiger partial charge in [0.05, 0.1) is 11.0 Å². The van der Waals surface area contributed by atoms with Crippen LogP contribution in [-0.2, 0) is 6.42 Å². The van der Waals surface area contributed by atoms with Crippen LogP contribution in [0.15, 0.2) is 12.4 Å². The fourth-order valence-electron chi connectivity index (χ4n) is 1.38. The molecule has 0 aliphatic heterocycles. The molecule has 6 nitrogen and oxygen atoms in total. The third-order valence-corrected chi connectivity index (χ3v) is 2.46. The van der Waals surface area contributed by atoms with Gasteiger partial charge >= 0.3 is 5.69 Å². The molecule has 1 atom stereocenters. The Morgan fingerprint density at radius 2 is 2.13 bits per heavy atom. The van der Waals surface area contributed by atoms with Gasteiger partial charge in [0.15, 0.2) is 0 Å². The van der Waals surface area contributed by atoms with Gasteiger partial charge in [-0.1, -0.05) is 0 Å². The number of rotatable bonds is 4. The maximum absolute atomic E-state index is 10.3. The van der Waals surface area contributed by atoms with Crippen molar-refractivity contribution in [1.82, 2.24) is 9.97 Å². The molecule has 0 saturated heterocycles. The van der Waals surface area contributed by atoms with Crippen molar-refractivity contribution in [3.63, 3.8) is 0 Å². The van der Waals surface area contributed by atoms with Crippen LogP contribution in [-0.4, -0.2) is 26.1 Å². The number of aliphatic hydroxyl groups excluding tert-OH is 1. The second-order valence-corrected chi connectivity index (χ2v) is 3.72. The van der Waals surface area contributed by atoms with Gasteiger partial charge in [-0.2, -0.15) is 0 Å². The maximum atomic E-state index is 10.3. The minimum Gasteiger partial charge on any atom is -0.392 e. The van der Waals surface area contributed by atoms with Crippen molar-refractivity contribution in [1.29, 1.82) is 0 Å². The predicted octanol–water partition coefficient (Wildman–Crippen LogP) is 0.698.